The van der Waals surface area contributed by atoms with E-state index in [4.69, 9.17) is 9.15 Å². The van der Waals surface area contributed by atoms with Crippen LogP contribution in [-0.4, -0.2) is 27.4 Å². The first-order valence-corrected chi connectivity index (χ1v) is 12.8. The number of nitrogens with one attached hydrogen (secondary N) is 1. The van der Waals surface area contributed by atoms with Crippen LogP contribution < -0.4 is 5.32 Å². The first-order chi connectivity index (χ1) is 16.2. The van der Waals surface area contributed by atoms with Gasteiger partial charge in [-0.1, -0.05) is 15.9 Å². The summed E-state index contributed by atoms with van der Waals surface area (Å²) in [5.74, 6) is 1.73. The number of nitrogens with zero attached hydrogens (tertiary/aromatic N) is 2. The standard InChI is InChI=1S/C26H30BrN3O4/c1-16-17(2)30(13-20-4-3-5-33-20)24(21(16)12-28)29-22(31)14-34-23(32)11-25-7-18-6-19(8-25)10-26(27,9-18)15-25/h3-5,18-19H,6-11,13-15H2,1-2H3,(H,29,31). The molecule has 2 aromatic rings. The third-order valence-corrected chi connectivity index (χ3v) is 9.02. The molecule has 34 heavy (non-hydrogen) atoms. The van der Waals surface area contributed by atoms with E-state index in [1.54, 1.807) is 12.3 Å². The molecule has 4 saturated carbocycles. The number of anilines is 1. The Morgan fingerprint density at radius 3 is 2.65 bits per heavy atom. The smallest absolute Gasteiger partial charge is 0.306 e. The highest BCUT2D eigenvalue weighted by molar-refractivity contribution is 9.10. The van der Waals surface area contributed by atoms with Crippen LogP contribution in [0.5, 0.6) is 0 Å². The van der Waals surface area contributed by atoms with Gasteiger partial charge in [0, 0.05) is 10.0 Å². The van der Waals surface area contributed by atoms with E-state index < -0.39 is 5.91 Å². The minimum Gasteiger partial charge on any atom is -0.467 e. The van der Waals surface area contributed by atoms with Gasteiger partial charge < -0.3 is 19.0 Å². The Labute approximate surface area is 208 Å². The number of esters is 1. The van der Waals surface area contributed by atoms with Crippen LogP contribution in [0.25, 0.3) is 0 Å². The number of alkyl halides is 1. The van der Waals surface area contributed by atoms with Crippen molar-refractivity contribution in [3.8, 4) is 6.07 Å². The highest BCUT2D eigenvalue weighted by atomic mass is 79.9. The van der Waals surface area contributed by atoms with Crippen molar-refractivity contribution < 1.29 is 18.7 Å². The van der Waals surface area contributed by atoms with E-state index in [0.29, 0.717) is 41.9 Å². The summed E-state index contributed by atoms with van der Waals surface area (Å²) in [4.78, 5) is 25.5. The number of hydrogen-bond acceptors (Lipinski definition) is 5. The second-order valence-corrected chi connectivity index (χ2v) is 12.4. The Morgan fingerprint density at radius 1 is 1.29 bits per heavy atom. The first kappa shape index (κ1) is 23.2. The van der Waals surface area contributed by atoms with E-state index in [1.165, 1.54) is 19.3 Å². The molecule has 0 spiro atoms. The molecule has 4 fully saturated rings. The van der Waals surface area contributed by atoms with Crippen LogP contribution in [0, 0.1) is 42.4 Å². The van der Waals surface area contributed by atoms with Crippen LogP contribution in [-0.2, 0) is 20.9 Å². The number of carbonyl (C=O) groups is 2. The van der Waals surface area contributed by atoms with Crippen molar-refractivity contribution in [3.63, 3.8) is 0 Å². The van der Waals surface area contributed by atoms with Gasteiger partial charge >= 0.3 is 5.97 Å². The molecule has 8 heteroatoms. The van der Waals surface area contributed by atoms with Gasteiger partial charge in [0.1, 0.15) is 17.6 Å². The molecule has 1 amide bonds. The maximum Gasteiger partial charge on any atom is 0.306 e. The summed E-state index contributed by atoms with van der Waals surface area (Å²) < 4.78 is 12.9. The SMILES string of the molecule is Cc1c(C#N)c(NC(=O)COC(=O)CC23CC4CC(CC(Br)(C4)C2)C3)n(Cc2ccco2)c1C. The molecule has 0 aromatic carbocycles. The molecule has 180 valence electrons. The van der Waals surface area contributed by atoms with Crippen molar-refractivity contribution in [1.82, 2.24) is 4.57 Å². The molecule has 4 aliphatic carbocycles. The summed E-state index contributed by atoms with van der Waals surface area (Å²) in [5.41, 5.74) is 2.07. The van der Waals surface area contributed by atoms with E-state index in [0.717, 1.165) is 30.5 Å². The molecule has 2 atom stereocenters. The van der Waals surface area contributed by atoms with Crippen LogP contribution >= 0.6 is 15.9 Å². The topological polar surface area (TPSA) is 97.3 Å². The first-order valence-electron chi connectivity index (χ1n) is 12.0. The Hall–Kier alpha value is -2.53. The number of carbonyl (C=O) groups excluding carboxylic acids is 2. The van der Waals surface area contributed by atoms with Crippen molar-refractivity contribution in [2.75, 3.05) is 11.9 Å². The predicted molar refractivity (Wildman–Crippen MR) is 129 cm³/mol. The van der Waals surface area contributed by atoms with Crippen molar-refractivity contribution in [2.45, 2.75) is 69.7 Å². The Balaban J connectivity index is 1.23. The van der Waals surface area contributed by atoms with Crippen molar-refractivity contribution in [2.24, 2.45) is 17.3 Å². The molecular formula is C26H30BrN3O4. The molecular weight excluding hydrogens is 498 g/mol. The van der Waals surface area contributed by atoms with Gasteiger partial charge in [0.2, 0.25) is 0 Å². The van der Waals surface area contributed by atoms with E-state index in [1.807, 2.05) is 24.5 Å². The second-order valence-electron chi connectivity index (χ2n) is 10.7. The molecule has 1 N–H and O–H groups in total. The molecule has 6 rings (SSSR count). The van der Waals surface area contributed by atoms with Gasteiger partial charge in [-0.15, -0.1) is 0 Å². The zero-order valence-corrected chi connectivity index (χ0v) is 21.2. The van der Waals surface area contributed by atoms with Gasteiger partial charge in [-0.2, -0.15) is 5.26 Å². The average molecular weight is 528 g/mol. The van der Waals surface area contributed by atoms with Gasteiger partial charge in [0.15, 0.2) is 6.61 Å². The monoisotopic (exact) mass is 527 g/mol. The second kappa shape index (κ2) is 8.60. The van der Waals surface area contributed by atoms with E-state index in [9.17, 15) is 14.9 Å². The number of nitriles is 1. The van der Waals surface area contributed by atoms with E-state index in [-0.39, 0.29) is 22.3 Å². The number of furan rings is 1. The quantitative estimate of drug-likeness (QED) is 0.393. The van der Waals surface area contributed by atoms with Crippen LogP contribution in [0.1, 0.15) is 67.5 Å². The maximum atomic E-state index is 12.8. The summed E-state index contributed by atoms with van der Waals surface area (Å²) in [6, 6.07) is 5.83. The zero-order valence-electron chi connectivity index (χ0n) is 19.7. The van der Waals surface area contributed by atoms with Gasteiger partial charge in [-0.3, -0.25) is 9.59 Å². The van der Waals surface area contributed by atoms with Gasteiger partial charge in [0.05, 0.1) is 24.8 Å². The highest BCUT2D eigenvalue weighted by Crippen LogP contribution is 2.65. The lowest BCUT2D eigenvalue weighted by atomic mass is 9.49. The van der Waals surface area contributed by atoms with Crippen LogP contribution in [0.3, 0.4) is 0 Å². The van der Waals surface area contributed by atoms with Crippen LogP contribution in [0.4, 0.5) is 5.82 Å². The zero-order chi connectivity index (χ0) is 24.1. The normalized spacial score (nSPS) is 29.1. The van der Waals surface area contributed by atoms with Crippen molar-refractivity contribution >= 4 is 33.6 Å². The lowest BCUT2D eigenvalue weighted by molar-refractivity contribution is -0.153. The number of ether oxygens (including phenoxy) is 1. The van der Waals surface area contributed by atoms with Gasteiger partial charge in [0.25, 0.3) is 5.91 Å². The summed E-state index contributed by atoms with van der Waals surface area (Å²) in [6.07, 6.45) is 8.84. The number of halogens is 1. The highest BCUT2D eigenvalue weighted by Gasteiger charge is 2.57. The third-order valence-electron chi connectivity index (χ3n) is 8.09. The Bertz CT molecular complexity index is 1150. The Morgan fingerprint density at radius 2 is 2.03 bits per heavy atom. The minimum atomic E-state index is -0.453. The molecule has 4 aliphatic rings. The molecule has 7 nitrogen and oxygen atoms in total. The van der Waals surface area contributed by atoms with Crippen LogP contribution in [0.15, 0.2) is 22.8 Å². The molecule has 4 bridgehead atoms. The fourth-order valence-corrected chi connectivity index (χ4v) is 8.61. The number of amides is 1. The average Bonchev–Trinajstić information content (AvgIpc) is 3.33. The van der Waals surface area contributed by atoms with Gasteiger partial charge in [-0.05, 0) is 87.3 Å². The van der Waals surface area contributed by atoms with E-state index >= 15 is 0 Å². The van der Waals surface area contributed by atoms with Crippen LogP contribution in [0.2, 0.25) is 0 Å². The largest absolute Gasteiger partial charge is 0.467 e. The van der Waals surface area contributed by atoms with Crippen molar-refractivity contribution in [3.05, 3.63) is 41.0 Å². The molecule has 2 heterocycles. The predicted octanol–water partition coefficient (Wildman–Crippen LogP) is 5.22. The molecule has 0 saturated heterocycles. The fraction of sp³-hybridized carbons (Fsp3) is 0.577. The Kier molecular flexibility index (Phi) is 5.87. The molecule has 0 aliphatic heterocycles. The summed E-state index contributed by atoms with van der Waals surface area (Å²) in [7, 11) is 0. The van der Waals surface area contributed by atoms with Gasteiger partial charge in [-0.25, -0.2) is 0 Å². The summed E-state index contributed by atoms with van der Waals surface area (Å²) in [6.45, 7) is 3.77. The number of aromatic nitrogens is 1. The lowest BCUT2D eigenvalue weighted by Gasteiger charge is -2.60. The minimum absolute atomic E-state index is 0.00108. The molecule has 0 radical (unpaired) electrons. The lowest BCUT2D eigenvalue weighted by Crippen LogP contribution is -2.53. The molecule has 2 aromatic heterocycles. The maximum absolute atomic E-state index is 12.8. The van der Waals surface area contributed by atoms with E-state index in [2.05, 4.69) is 27.3 Å². The summed E-state index contributed by atoms with van der Waals surface area (Å²) >= 11 is 3.98. The number of hydrogen-bond donors (Lipinski definition) is 1. The van der Waals surface area contributed by atoms with Crippen molar-refractivity contribution in [1.29, 1.82) is 5.26 Å². The fourth-order valence-electron chi connectivity index (χ4n) is 7.10. The third kappa shape index (κ3) is 4.31. The molecule has 2 unspecified atom stereocenters. The number of rotatable bonds is 7. The summed E-state index contributed by atoms with van der Waals surface area (Å²) in [5, 5.41) is 12.5.